The van der Waals surface area contributed by atoms with Gasteiger partial charge < -0.3 is 0 Å². The zero-order valence-electron chi connectivity index (χ0n) is 17.3. The molecule has 0 saturated carbocycles. The second-order valence-corrected chi connectivity index (χ2v) is 10.2. The van der Waals surface area contributed by atoms with Crippen molar-refractivity contribution in [3.63, 3.8) is 0 Å². The molecule has 0 spiro atoms. The van der Waals surface area contributed by atoms with Gasteiger partial charge >= 0.3 is 0 Å². The Hall–Kier alpha value is -2.78. The molecule has 2 N–H and O–H groups in total. The van der Waals surface area contributed by atoms with Gasteiger partial charge in [-0.1, -0.05) is 37.3 Å². The first-order chi connectivity index (χ1) is 14.1. The van der Waals surface area contributed by atoms with E-state index in [0.717, 1.165) is 17.0 Å². The minimum atomic E-state index is -3.72. The molecule has 0 aliphatic carbocycles. The van der Waals surface area contributed by atoms with Gasteiger partial charge in [0.25, 0.3) is 15.9 Å². The predicted octanol–water partition coefficient (Wildman–Crippen LogP) is 4.41. The van der Waals surface area contributed by atoms with Crippen molar-refractivity contribution in [2.45, 2.75) is 39.0 Å². The van der Waals surface area contributed by atoms with Crippen molar-refractivity contribution < 1.29 is 13.2 Å². The third-order valence-electron chi connectivity index (χ3n) is 4.30. The monoisotopic (exact) mass is 444 g/mol. The van der Waals surface area contributed by atoms with E-state index in [1.165, 1.54) is 11.3 Å². The third kappa shape index (κ3) is 5.43. The lowest BCUT2D eigenvalue weighted by Crippen LogP contribution is -2.15. The Balaban J connectivity index is 1.69. The molecule has 9 heteroatoms. The second kappa shape index (κ2) is 8.93. The summed E-state index contributed by atoms with van der Waals surface area (Å²) in [5, 5.41) is 12.1. The van der Waals surface area contributed by atoms with Gasteiger partial charge in [0.2, 0.25) is 5.13 Å². The Morgan fingerprint density at radius 3 is 2.43 bits per heavy atom. The predicted molar refractivity (Wildman–Crippen MR) is 120 cm³/mol. The fourth-order valence-corrected chi connectivity index (χ4v) is 5.14. The molecule has 1 aromatic heterocycles. The summed E-state index contributed by atoms with van der Waals surface area (Å²) < 4.78 is 28.0. The van der Waals surface area contributed by atoms with Crippen molar-refractivity contribution in [1.29, 1.82) is 0 Å². The molecule has 3 rings (SSSR count). The molecule has 158 valence electrons. The highest BCUT2D eigenvalue weighted by Gasteiger charge is 2.18. The molecule has 0 saturated heterocycles. The Kier molecular flexibility index (Phi) is 6.52. The van der Waals surface area contributed by atoms with Crippen LogP contribution in [0.4, 0.5) is 10.8 Å². The molecule has 1 heterocycles. The highest BCUT2D eigenvalue weighted by Crippen LogP contribution is 2.22. The molecular weight excluding hydrogens is 420 g/mol. The van der Waals surface area contributed by atoms with E-state index in [1.807, 2.05) is 13.0 Å². The lowest BCUT2D eigenvalue weighted by Gasteiger charge is -2.11. The number of nitrogens with zero attached hydrogens (tertiary/aromatic N) is 2. The van der Waals surface area contributed by atoms with E-state index in [1.54, 1.807) is 43.3 Å². The summed E-state index contributed by atoms with van der Waals surface area (Å²) in [4.78, 5) is 12.7. The standard InChI is InChI=1S/C21H24N4O3S2/c1-13(2)11-19-23-24-21(29-19)22-20(26)16-7-9-17(10-8-16)25-30(27,28)18-12-14(3)5-6-15(18)4/h5-10,12-13,25H,11H2,1-4H3,(H,22,24,26). The molecule has 1 amide bonds. The lowest BCUT2D eigenvalue weighted by molar-refractivity contribution is 0.102. The maximum absolute atomic E-state index is 12.7. The van der Waals surface area contributed by atoms with Crippen LogP contribution in [0.2, 0.25) is 0 Å². The summed E-state index contributed by atoms with van der Waals surface area (Å²) >= 11 is 1.35. The summed E-state index contributed by atoms with van der Waals surface area (Å²) in [6, 6.07) is 11.5. The maximum Gasteiger partial charge on any atom is 0.262 e. The smallest absolute Gasteiger partial charge is 0.262 e. The van der Waals surface area contributed by atoms with Crippen LogP contribution in [0.25, 0.3) is 0 Å². The van der Waals surface area contributed by atoms with E-state index in [9.17, 15) is 13.2 Å². The number of benzene rings is 2. The van der Waals surface area contributed by atoms with Crippen LogP contribution >= 0.6 is 11.3 Å². The minimum Gasteiger partial charge on any atom is -0.296 e. The van der Waals surface area contributed by atoms with Gasteiger partial charge in [-0.2, -0.15) is 0 Å². The van der Waals surface area contributed by atoms with Crippen molar-refractivity contribution >= 4 is 38.1 Å². The summed E-state index contributed by atoms with van der Waals surface area (Å²) in [6.45, 7) is 7.78. The number of carbonyl (C=O) groups is 1. The van der Waals surface area contributed by atoms with Crippen LogP contribution in [-0.2, 0) is 16.4 Å². The molecule has 0 bridgehead atoms. The number of carbonyl (C=O) groups excluding carboxylic acids is 1. The Morgan fingerprint density at radius 1 is 1.07 bits per heavy atom. The topological polar surface area (TPSA) is 101 Å². The highest BCUT2D eigenvalue weighted by atomic mass is 32.2. The Morgan fingerprint density at radius 2 is 1.77 bits per heavy atom. The van der Waals surface area contributed by atoms with Crippen molar-refractivity contribution in [2.75, 3.05) is 10.0 Å². The zero-order valence-corrected chi connectivity index (χ0v) is 18.9. The van der Waals surface area contributed by atoms with Gasteiger partial charge in [-0.3, -0.25) is 14.8 Å². The van der Waals surface area contributed by atoms with Gasteiger partial charge in [0.05, 0.1) is 4.90 Å². The second-order valence-electron chi connectivity index (χ2n) is 7.50. The Labute approximate surface area is 180 Å². The average Bonchev–Trinajstić information content (AvgIpc) is 3.09. The van der Waals surface area contributed by atoms with Crippen LogP contribution in [0.15, 0.2) is 47.4 Å². The molecule has 2 aromatic carbocycles. The number of aryl methyl sites for hydroxylation is 2. The average molecular weight is 445 g/mol. The molecule has 0 aliphatic rings. The third-order valence-corrected chi connectivity index (χ3v) is 6.69. The highest BCUT2D eigenvalue weighted by molar-refractivity contribution is 7.92. The molecule has 3 aromatic rings. The van der Waals surface area contributed by atoms with Gasteiger partial charge in [0.15, 0.2) is 0 Å². The largest absolute Gasteiger partial charge is 0.296 e. The van der Waals surface area contributed by atoms with Crippen LogP contribution in [0.1, 0.15) is 40.3 Å². The van der Waals surface area contributed by atoms with E-state index in [4.69, 9.17) is 0 Å². The van der Waals surface area contributed by atoms with Crippen LogP contribution in [0.5, 0.6) is 0 Å². The van der Waals surface area contributed by atoms with Crippen LogP contribution in [0, 0.1) is 19.8 Å². The first-order valence-corrected chi connectivity index (χ1v) is 11.8. The SMILES string of the molecule is Cc1ccc(C)c(S(=O)(=O)Nc2ccc(C(=O)Nc3nnc(CC(C)C)s3)cc2)c1. The fraction of sp³-hybridized carbons (Fsp3) is 0.286. The van der Waals surface area contributed by atoms with Crippen LogP contribution < -0.4 is 10.0 Å². The quantitative estimate of drug-likeness (QED) is 0.562. The molecular formula is C21H24N4O3S2. The van der Waals surface area contributed by atoms with E-state index in [0.29, 0.717) is 27.9 Å². The van der Waals surface area contributed by atoms with Gasteiger partial charge in [-0.05, 0) is 61.2 Å². The summed E-state index contributed by atoms with van der Waals surface area (Å²) in [7, 11) is -3.72. The minimum absolute atomic E-state index is 0.234. The molecule has 7 nitrogen and oxygen atoms in total. The van der Waals surface area contributed by atoms with Crippen LogP contribution in [-0.4, -0.2) is 24.5 Å². The summed E-state index contributed by atoms with van der Waals surface area (Å²) in [5.74, 6) is 0.132. The van der Waals surface area contributed by atoms with Gasteiger partial charge in [-0.15, -0.1) is 10.2 Å². The summed E-state index contributed by atoms with van der Waals surface area (Å²) in [5.41, 5.74) is 2.30. The molecule has 0 radical (unpaired) electrons. The molecule has 0 aliphatic heterocycles. The normalized spacial score (nSPS) is 11.5. The van der Waals surface area contributed by atoms with Crippen LogP contribution in [0.3, 0.4) is 0 Å². The number of aromatic nitrogens is 2. The lowest BCUT2D eigenvalue weighted by atomic mass is 10.1. The Bertz CT molecular complexity index is 1150. The molecule has 30 heavy (non-hydrogen) atoms. The number of anilines is 2. The number of sulfonamides is 1. The van der Waals surface area contributed by atoms with Gasteiger partial charge in [-0.25, -0.2) is 8.42 Å². The van der Waals surface area contributed by atoms with Gasteiger partial charge in [0, 0.05) is 17.7 Å². The fourth-order valence-electron chi connectivity index (χ4n) is 2.80. The molecule has 0 unspecified atom stereocenters. The number of hydrogen-bond donors (Lipinski definition) is 2. The zero-order chi connectivity index (χ0) is 21.9. The van der Waals surface area contributed by atoms with E-state index in [-0.39, 0.29) is 10.8 Å². The molecule has 0 atom stereocenters. The maximum atomic E-state index is 12.7. The van der Waals surface area contributed by atoms with Crippen molar-refractivity contribution in [3.8, 4) is 0 Å². The van der Waals surface area contributed by atoms with E-state index < -0.39 is 10.0 Å². The first-order valence-electron chi connectivity index (χ1n) is 9.48. The van der Waals surface area contributed by atoms with E-state index >= 15 is 0 Å². The number of hydrogen-bond acceptors (Lipinski definition) is 6. The number of rotatable bonds is 7. The first kappa shape index (κ1) is 21.9. The number of nitrogens with one attached hydrogen (secondary N) is 2. The number of amides is 1. The van der Waals surface area contributed by atoms with Crippen molar-refractivity contribution in [1.82, 2.24) is 10.2 Å². The van der Waals surface area contributed by atoms with Crippen molar-refractivity contribution in [3.05, 3.63) is 64.2 Å². The van der Waals surface area contributed by atoms with Crippen molar-refractivity contribution in [2.24, 2.45) is 5.92 Å². The van der Waals surface area contributed by atoms with E-state index in [2.05, 4.69) is 34.1 Å². The van der Waals surface area contributed by atoms with Gasteiger partial charge in [0.1, 0.15) is 5.01 Å². The molecule has 0 fully saturated rings. The summed E-state index contributed by atoms with van der Waals surface area (Å²) in [6.07, 6.45) is 0.808.